The summed E-state index contributed by atoms with van der Waals surface area (Å²) in [6, 6.07) is 11.9. The van der Waals surface area contributed by atoms with Gasteiger partial charge in [-0.25, -0.2) is 9.78 Å². The van der Waals surface area contributed by atoms with Crippen LogP contribution in [-0.2, 0) is 11.3 Å². The first-order valence-corrected chi connectivity index (χ1v) is 6.03. The first kappa shape index (κ1) is 13.1. The quantitative estimate of drug-likeness (QED) is 0.855. The number of aryl methyl sites for hydroxylation is 1. The van der Waals surface area contributed by atoms with Gasteiger partial charge in [0.2, 0.25) is 0 Å². The largest absolute Gasteiger partial charge is 0.465 e. The highest BCUT2D eigenvalue weighted by Crippen LogP contribution is 2.13. The monoisotopic (exact) mass is 256 g/mol. The molecule has 0 fully saturated rings. The summed E-state index contributed by atoms with van der Waals surface area (Å²) in [5.74, 6) is 0.383. The minimum atomic E-state index is -0.361. The van der Waals surface area contributed by atoms with E-state index >= 15 is 0 Å². The lowest BCUT2D eigenvalue weighted by molar-refractivity contribution is 0.0599. The van der Waals surface area contributed by atoms with Gasteiger partial charge in [-0.3, -0.25) is 0 Å². The first-order valence-electron chi connectivity index (χ1n) is 6.03. The highest BCUT2D eigenvalue weighted by molar-refractivity contribution is 5.90. The van der Waals surface area contributed by atoms with Gasteiger partial charge in [0.25, 0.3) is 0 Å². The molecule has 19 heavy (non-hydrogen) atoms. The highest BCUT2D eigenvalue weighted by atomic mass is 16.5. The van der Waals surface area contributed by atoms with Crippen molar-refractivity contribution in [3.05, 3.63) is 59.3 Å². The molecule has 0 saturated heterocycles. The van der Waals surface area contributed by atoms with E-state index in [4.69, 9.17) is 0 Å². The maximum absolute atomic E-state index is 11.4. The van der Waals surface area contributed by atoms with Crippen molar-refractivity contribution in [3.63, 3.8) is 0 Å². The van der Waals surface area contributed by atoms with E-state index in [0.29, 0.717) is 12.1 Å². The zero-order valence-electron chi connectivity index (χ0n) is 11.0. The number of benzene rings is 1. The van der Waals surface area contributed by atoms with Crippen LogP contribution in [0.1, 0.15) is 21.5 Å². The third kappa shape index (κ3) is 3.31. The van der Waals surface area contributed by atoms with E-state index in [9.17, 15) is 4.79 Å². The summed E-state index contributed by atoms with van der Waals surface area (Å²) < 4.78 is 4.69. The van der Waals surface area contributed by atoms with Gasteiger partial charge in [0, 0.05) is 12.7 Å². The van der Waals surface area contributed by atoms with Crippen LogP contribution in [0.25, 0.3) is 0 Å². The Labute approximate surface area is 112 Å². The summed E-state index contributed by atoms with van der Waals surface area (Å²) in [7, 11) is 1.36. The standard InChI is InChI=1S/C15H16N2O2/c1-11-8-14(17-10-13(11)15(18)19-2)16-9-12-6-4-3-5-7-12/h3-8,10H,9H2,1-2H3,(H,16,17). The Balaban J connectivity index is 2.06. The maximum atomic E-state index is 11.4. The summed E-state index contributed by atoms with van der Waals surface area (Å²) >= 11 is 0. The molecular formula is C15H16N2O2. The van der Waals surface area contributed by atoms with Crippen LogP contribution < -0.4 is 5.32 Å². The zero-order chi connectivity index (χ0) is 13.7. The number of carbonyl (C=O) groups is 1. The van der Waals surface area contributed by atoms with E-state index in [-0.39, 0.29) is 5.97 Å². The molecule has 1 heterocycles. The maximum Gasteiger partial charge on any atom is 0.339 e. The second-order valence-corrected chi connectivity index (χ2v) is 4.22. The number of esters is 1. The number of pyridine rings is 1. The van der Waals surface area contributed by atoms with Crippen LogP contribution in [-0.4, -0.2) is 18.1 Å². The molecule has 4 heteroatoms. The van der Waals surface area contributed by atoms with E-state index in [1.54, 1.807) is 0 Å². The molecule has 0 aliphatic heterocycles. The van der Waals surface area contributed by atoms with Gasteiger partial charge in [-0.05, 0) is 24.1 Å². The second kappa shape index (κ2) is 6.00. The predicted octanol–water partition coefficient (Wildman–Crippen LogP) is 2.79. The summed E-state index contributed by atoms with van der Waals surface area (Å²) in [5.41, 5.74) is 2.52. The lowest BCUT2D eigenvalue weighted by atomic mass is 10.1. The lowest BCUT2D eigenvalue weighted by Gasteiger charge is -2.08. The SMILES string of the molecule is COC(=O)c1cnc(NCc2ccccc2)cc1C. The topological polar surface area (TPSA) is 51.2 Å². The summed E-state index contributed by atoms with van der Waals surface area (Å²) in [4.78, 5) is 15.7. The van der Waals surface area contributed by atoms with E-state index < -0.39 is 0 Å². The van der Waals surface area contributed by atoms with Crippen LogP contribution in [0.15, 0.2) is 42.6 Å². The molecule has 0 saturated carbocycles. The van der Waals surface area contributed by atoms with Crippen molar-refractivity contribution in [1.82, 2.24) is 4.98 Å². The molecule has 0 bridgehead atoms. The fraction of sp³-hybridized carbons (Fsp3) is 0.200. The van der Waals surface area contributed by atoms with Crippen LogP contribution in [0.3, 0.4) is 0 Å². The molecule has 1 aromatic carbocycles. The molecule has 1 aromatic heterocycles. The Morgan fingerprint density at radius 2 is 2.05 bits per heavy atom. The van der Waals surface area contributed by atoms with Gasteiger partial charge in [-0.1, -0.05) is 30.3 Å². The normalized spacial score (nSPS) is 10.0. The van der Waals surface area contributed by atoms with E-state index in [2.05, 4.69) is 15.0 Å². The number of hydrogen-bond acceptors (Lipinski definition) is 4. The second-order valence-electron chi connectivity index (χ2n) is 4.22. The average Bonchev–Trinajstić information content (AvgIpc) is 2.45. The van der Waals surface area contributed by atoms with Crippen molar-refractivity contribution < 1.29 is 9.53 Å². The number of methoxy groups -OCH3 is 1. The first-order chi connectivity index (χ1) is 9.20. The molecule has 0 unspecified atom stereocenters. The van der Waals surface area contributed by atoms with Gasteiger partial charge >= 0.3 is 5.97 Å². The van der Waals surface area contributed by atoms with Crippen molar-refractivity contribution >= 4 is 11.8 Å². The van der Waals surface area contributed by atoms with Crippen molar-refractivity contribution in [2.24, 2.45) is 0 Å². The minimum absolute atomic E-state index is 0.361. The van der Waals surface area contributed by atoms with Crippen molar-refractivity contribution in [3.8, 4) is 0 Å². The summed E-state index contributed by atoms with van der Waals surface area (Å²) in [6.07, 6.45) is 1.54. The molecule has 0 amide bonds. The Morgan fingerprint density at radius 1 is 1.32 bits per heavy atom. The minimum Gasteiger partial charge on any atom is -0.465 e. The molecule has 0 aliphatic carbocycles. The molecule has 2 aromatic rings. The molecular weight excluding hydrogens is 240 g/mol. The van der Waals surface area contributed by atoms with Gasteiger partial charge in [0.05, 0.1) is 12.7 Å². The van der Waals surface area contributed by atoms with Gasteiger partial charge < -0.3 is 10.1 Å². The Morgan fingerprint density at radius 3 is 2.68 bits per heavy atom. The van der Waals surface area contributed by atoms with E-state index in [1.807, 2.05) is 43.3 Å². The fourth-order valence-corrected chi connectivity index (χ4v) is 1.76. The van der Waals surface area contributed by atoms with Gasteiger partial charge in [0.15, 0.2) is 0 Å². The molecule has 4 nitrogen and oxygen atoms in total. The van der Waals surface area contributed by atoms with Gasteiger partial charge in [0.1, 0.15) is 5.82 Å². The summed E-state index contributed by atoms with van der Waals surface area (Å²) in [5, 5.41) is 3.22. The van der Waals surface area contributed by atoms with Crippen LogP contribution in [0.4, 0.5) is 5.82 Å². The molecule has 98 valence electrons. The van der Waals surface area contributed by atoms with Crippen LogP contribution in [0.5, 0.6) is 0 Å². The van der Waals surface area contributed by atoms with Gasteiger partial charge in [-0.15, -0.1) is 0 Å². The van der Waals surface area contributed by atoms with E-state index in [0.717, 1.165) is 11.4 Å². The molecule has 1 N–H and O–H groups in total. The van der Waals surface area contributed by atoms with E-state index in [1.165, 1.54) is 18.9 Å². The smallest absolute Gasteiger partial charge is 0.339 e. The number of nitrogens with one attached hydrogen (secondary N) is 1. The van der Waals surface area contributed by atoms with Gasteiger partial charge in [-0.2, -0.15) is 0 Å². The van der Waals surface area contributed by atoms with Crippen molar-refractivity contribution in [2.75, 3.05) is 12.4 Å². The molecule has 0 atom stereocenters. The molecule has 2 rings (SSSR count). The number of carbonyl (C=O) groups excluding carboxylic acids is 1. The Kier molecular flexibility index (Phi) is 4.13. The Hall–Kier alpha value is -2.36. The lowest BCUT2D eigenvalue weighted by Crippen LogP contribution is -2.07. The number of hydrogen-bond donors (Lipinski definition) is 1. The number of aromatic nitrogens is 1. The van der Waals surface area contributed by atoms with Crippen molar-refractivity contribution in [2.45, 2.75) is 13.5 Å². The highest BCUT2D eigenvalue weighted by Gasteiger charge is 2.10. The molecule has 0 spiro atoms. The Bertz CT molecular complexity index is 568. The van der Waals surface area contributed by atoms with Crippen LogP contribution in [0.2, 0.25) is 0 Å². The van der Waals surface area contributed by atoms with Crippen LogP contribution >= 0.6 is 0 Å². The third-order valence-corrected chi connectivity index (χ3v) is 2.83. The van der Waals surface area contributed by atoms with Crippen molar-refractivity contribution in [1.29, 1.82) is 0 Å². The zero-order valence-corrected chi connectivity index (χ0v) is 11.0. The predicted molar refractivity (Wildman–Crippen MR) is 74.1 cm³/mol. The molecule has 0 aliphatic rings. The fourth-order valence-electron chi connectivity index (χ4n) is 1.76. The number of anilines is 1. The number of ether oxygens (including phenoxy) is 1. The van der Waals surface area contributed by atoms with Crippen LogP contribution in [0, 0.1) is 6.92 Å². The number of rotatable bonds is 4. The third-order valence-electron chi connectivity index (χ3n) is 2.83. The average molecular weight is 256 g/mol. The molecule has 0 radical (unpaired) electrons. The number of nitrogens with zero attached hydrogens (tertiary/aromatic N) is 1. The summed E-state index contributed by atoms with van der Waals surface area (Å²) in [6.45, 7) is 2.56.